The van der Waals surface area contributed by atoms with E-state index in [4.69, 9.17) is 18.3 Å². The highest BCUT2D eigenvalue weighted by atomic mass is 20.0. The SMILES string of the molecule is C.C.C.C.C.C.C.C.C.C.C.C.C.C.C.C.C.C.C.C.C.C.C.C.C.C.C.C.C.C.C.C.C.F.FF.FF. The molecule has 0 radical (unpaired) electrons. The third-order valence-electron chi connectivity index (χ3n) is 0. The molecule has 0 aromatic rings. The highest BCUT2D eigenvalue weighted by Gasteiger charge is 1.00. The molecule has 0 spiro atoms. The molecule has 0 aliphatic heterocycles. The highest BCUT2D eigenvalue weighted by molar-refractivity contribution is 2.54. The van der Waals surface area contributed by atoms with Crippen molar-refractivity contribution in [2.24, 2.45) is 0 Å². The first kappa shape index (κ1) is 18600. The highest BCUT2D eigenvalue weighted by Crippen LogP contribution is 1.42. The molecule has 0 heterocycles. The summed E-state index contributed by atoms with van der Waals surface area (Å²) in [4.78, 5) is 0. The minimum atomic E-state index is 0. The van der Waals surface area contributed by atoms with E-state index in [9.17, 15) is 0 Å². The summed E-state index contributed by atoms with van der Waals surface area (Å²) in [6.07, 6.45) is 0. The van der Waals surface area contributed by atoms with Crippen molar-refractivity contribution in [3.05, 3.63) is 0 Å². The van der Waals surface area contributed by atoms with Gasteiger partial charge in [-0.2, -0.15) is 0 Å². The van der Waals surface area contributed by atoms with Crippen LogP contribution in [0.4, 0.5) is 23.0 Å². The van der Waals surface area contributed by atoms with Crippen LogP contribution in [0.1, 0.15) is 245 Å². The summed E-state index contributed by atoms with van der Waals surface area (Å²) < 4.78 is 32.0. The normalized spacial score (nSPS) is 0.316. The molecule has 0 atom stereocenters. The Kier molecular flexibility index (Phi) is 186000000. The molecule has 0 fully saturated rings. The lowest BCUT2D eigenvalue weighted by atomic mass is 12.0. The molecule has 0 aromatic heterocycles. The first-order valence-corrected chi connectivity index (χ1v) is 0.286. The molecular weight excluding hydrogens is 491 g/mol. The van der Waals surface area contributed by atoms with Crippen LogP contribution in [0.5, 0.6) is 0 Å². The Morgan fingerprint density at radius 2 is 0.105 bits per heavy atom. The Labute approximate surface area is 268 Å². The minimum absolute atomic E-state index is 0. The minimum Gasteiger partial charge on any atom is -0.269 e. The molecule has 300 valence electrons. The largest absolute Gasteiger partial charge is 0.269 e. The van der Waals surface area contributed by atoms with E-state index in [2.05, 4.69) is 0 Å². The Balaban J connectivity index is -0.0000000000327. The molecule has 0 bridgehead atoms. The maximum Gasteiger partial charge on any atom is 0 e. The van der Waals surface area contributed by atoms with Crippen molar-refractivity contribution in [1.82, 2.24) is 0 Å². The number of halogens is 5. The predicted octanol–water partition coefficient (Wildman–Crippen LogP) is 22.8. The lowest BCUT2D eigenvalue weighted by Crippen LogP contribution is -0.580. The maximum atomic E-state index is 8.00. The maximum absolute atomic E-state index is 8.00. The van der Waals surface area contributed by atoms with Crippen LogP contribution < -0.4 is 0 Å². The first-order chi connectivity index (χ1) is 2.00. The van der Waals surface area contributed by atoms with Gasteiger partial charge < -0.3 is 0 Å². The van der Waals surface area contributed by atoms with Crippen molar-refractivity contribution in [3.8, 4) is 0 Å². The van der Waals surface area contributed by atoms with Gasteiger partial charge in [-0.05, 0) is 0 Å². The van der Waals surface area contributed by atoms with E-state index in [-0.39, 0.29) is 250 Å². The Morgan fingerprint density at radius 1 is 0.105 bits per heavy atom. The van der Waals surface area contributed by atoms with Gasteiger partial charge in [0, 0.05) is 18.3 Å². The summed E-state index contributed by atoms with van der Waals surface area (Å²) >= 11 is 0. The van der Waals surface area contributed by atoms with Crippen LogP contribution in [-0.2, 0) is 0 Å². The van der Waals surface area contributed by atoms with Crippen molar-refractivity contribution in [3.63, 3.8) is 0 Å². The Morgan fingerprint density at radius 3 is 0.105 bits per heavy atom. The average molecular weight is 625 g/mol. The molecule has 0 N–H and O–H groups in total. The summed E-state index contributed by atoms with van der Waals surface area (Å²) in [5.41, 5.74) is 0. The van der Waals surface area contributed by atoms with Gasteiger partial charge in [-0.15, -0.1) is 0 Å². The molecule has 0 nitrogen and oxygen atoms in total. The second kappa shape index (κ2) is 380000. The van der Waals surface area contributed by atoms with Crippen LogP contribution in [0, 0.1) is 0 Å². The zero-order valence-electron chi connectivity index (χ0n) is 1.92. The van der Waals surface area contributed by atoms with Crippen LogP contribution in [0.25, 0.3) is 0 Å². The van der Waals surface area contributed by atoms with Gasteiger partial charge in [-0.1, -0.05) is 245 Å². The van der Waals surface area contributed by atoms with Crippen LogP contribution in [0.15, 0.2) is 0 Å². The molecule has 0 amide bonds. The standard InChI is InChI=1S/33CH4.2F2.FH/c;;;;;;;;;;;;;;;;;;;;;;;;;;;;;;;;;2*1-2;/h33*1H4;;;1H. The fourth-order valence-electron chi connectivity index (χ4n) is 0. The van der Waals surface area contributed by atoms with Gasteiger partial charge in [-0.3, -0.25) is 4.70 Å². The quantitative estimate of drug-likeness (QED) is 0.235. The second-order valence-corrected chi connectivity index (χ2v) is 0. The van der Waals surface area contributed by atoms with E-state index in [1.165, 1.54) is 0 Å². The molecule has 38 heavy (non-hydrogen) atoms. The van der Waals surface area contributed by atoms with Gasteiger partial charge in [0.25, 0.3) is 0 Å². The van der Waals surface area contributed by atoms with Gasteiger partial charge in [0.15, 0.2) is 0 Å². The summed E-state index contributed by atoms with van der Waals surface area (Å²) in [5.74, 6) is 0. The van der Waals surface area contributed by atoms with E-state index in [0.29, 0.717) is 0 Å². The number of hydrogen-bond donors (Lipinski definition) is 0. The van der Waals surface area contributed by atoms with Gasteiger partial charge in [0.2, 0.25) is 0 Å². The van der Waals surface area contributed by atoms with Crippen LogP contribution in [0.3, 0.4) is 0 Å². The summed E-state index contributed by atoms with van der Waals surface area (Å²) in [5, 5.41) is 0. The van der Waals surface area contributed by atoms with Gasteiger partial charge >= 0.3 is 0 Å². The molecule has 5 heteroatoms. The molecule has 0 saturated heterocycles. The predicted molar refractivity (Wildman–Crippen MR) is 229 cm³/mol. The van der Waals surface area contributed by atoms with Crippen molar-refractivity contribution in [2.75, 3.05) is 0 Å². The molecule has 0 unspecified atom stereocenters. The van der Waals surface area contributed by atoms with Gasteiger partial charge in [0.1, 0.15) is 0 Å². The van der Waals surface area contributed by atoms with Gasteiger partial charge in [0.05, 0.1) is 0 Å². The fourth-order valence-corrected chi connectivity index (χ4v) is 0. The van der Waals surface area contributed by atoms with E-state index in [0.717, 1.165) is 0 Å². The summed E-state index contributed by atoms with van der Waals surface area (Å²) in [6, 6.07) is 0. The Hall–Kier alpha value is -0.350. The topological polar surface area (TPSA) is 0 Å². The monoisotopic (exact) mass is 625 g/mol. The lowest BCUT2D eigenvalue weighted by molar-refractivity contribution is 0.108. The molecule has 0 saturated carbocycles. The van der Waals surface area contributed by atoms with Gasteiger partial charge in [-0.25, -0.2) is 0 Å². The van der Waals surface area contributed by atoms with E-state index in [1.807, 2.05) is 0 Å². The van der Waals surface area contributed by atoms with Crippen molar-refractivity contribution >= 4 is 0 Å². The first-order valence-electron chi connectivity index (χ1n) is 0.286. The summed E-state index contributed by atoms with van der Waals surface area (Å²) in [6.45, 7) is 0. The average Bonchev–Trinajstić information content (AvgIpc) is 1.50. The van der Waals surface area contributed by atoms with E-state index < -0.39 is 0 Å². The third kappa shape index (κ3) is 349000. The molecular formula is C33H133F5. The number of hydrogen-bond acceptors (Lipinski definition) is 0. The van der Waals surface area contributed by atoms with Crippen molar-refractivity contribution in [1.29, 1.82) is 0 Å². The van der Waals surface area contributed by atoms with E-state index >= 15 is 0 Å². The molecule has 0 rings (SSSR count). The second-order valence-electron chi connectivity index (χ2n) is 0. The van der Waals surface area contributed by atoms with E-state index in [1.54, 1.807) is 0 Å². The van der Waals surface area contributed by atoms with Crippen LogP contribution in [-0.4, -0.2) is 0 Å². The zero-order valence-corrected chi connectivity index (χ0v) is 1.92. The molecule has 0 aliphatic carbocycles. The number of rotatable bonds is 0. The fraction of sp³-hybridized carbons (Fsp3) is 1.00. The molecule has 0 aromatic carbocycles. The van der Waals surface area contributed by atoms with Crippen molar-refractivity contribution in [2.45, 2.75) is 245 Å². The van der Waals surface area contributed by atoms with Crippen molar-refractivity contribution < 1.29 is 23.0 Å². The molecule has 0 aliphatic rings. The zero-order chi connectivity index (χ0) is 4.00. The lowest BCUT2D eigenvalue weighted by Gasteiger charge is -1.00. The Bertz CT molecular complexity index is 21.3. The third-order valence-corrected chi connectivity index (χ3v) is 0. The smallest absolute Gasteiger partial charge is 0 e. The van der Waals surface area contributed by atoms with Crippen LogP contribution >= 0.6 is 0 Å². The summed E-state index contributed by atoms with van der Waals surface area (Å²) in [7, 11) is 0. The van der Waals surface area contributed by atoms with Crippen LogP contribution in [0.2, 0.25) is 0 Å².